The first-order valence-corrected chi connectivity index (χ1v) is 7.17. The first-order chi connectivity index (χ1) is 8.81. The fourth-order valence-electron chi connectivity index (χ4n) is 1.77. The van der Waals surface area contributed by atoms with E-state index >= 15 is 0 Å². The Morgan fingerprint density at radius 3 is 2.39 bits per heavy atom. The van der Waals surface area contributed by atoms with Crippen LogP contribution in [0.1, 0.15) is 10.8 Å². The van der Waals surface area contributed by atoms with E-state index in [4.69, 9.17) is 11.6 Å². The van der Waals surface area contributed by atoms with Crippen molar-refractivity contribution in [3.63, 3.8) is 0 Å². The van der Waals surface area contributed by atoms with E-state index in [2.05, 4.69) is 35.6 Å². The molecule has 2 aromatic carbocycles. The van der Waals surface area contributed by atoms with Crippen molar-refractivity contribution < 1.29 is 0 Å². The quantitative estimate of drug-likeness (QED) is 0.814. The van der Waals surface area contributed by atoms with E-state index in [1.54, 1.807) is 11.8 Å². The highest BCUT2D eigenvalue weighted by Crippen LogP contribution is 2.38. The van der Waals surface area contributed by atoms with Gasteiger partial charge in [-0.3, -0.25) is 0 Å². The van der Waals surface area contributed by atoms with E-state index in [0.29, 0.717) is 5.25 Å². The van der Waals surface area contributed by atoms with Gasteiger partial charge in [-0.1, -0.05) is 54.1 Å². The molecule has 0 aliphatic rings. The summed E-state index contributed by atoms with van der Waals surface area (Å²) in [6.45, 7) is 0.917. The summed E-state index contributed by atoms with van der Waals surface area (Å²) in [7, 11) is 1.98. The molecular formula is C15H16ClNS. The number of hydrogen-bond acceptors (Lipinski definition) is 2. The average molecular weight is 278 g/mol. The summed E-state index contributed by atoms with van der Waals surface area (Å²) in [5, 5.41) is 4.43. The minimum Gasteiger partial charge on any atom is -0.318 e. The fourth-order valence-corrected chi connectivity index (χ4v) is 3.23. The average Bonchev–Trinajstić information content (AvgIpc) is 2.42. The van der Waals surface area contributed by atoms with Crippen LogP contribution in [0.3, 0.4) is 0 Å². The lowest BCUT2D eigenvalue weighted by Crippen LogP contribution is -2.14. The number of rotatable bonds is 5. The molecule has 0 aliphatic carbocycles. The molecule has 0 amide bonds. The molecule has 0 radical (unpaired) electrons. The largest absolute Gasteiger partial charge is 0.318 e. The number of halogens is 1. The van der Waals surface area contributed by atoms with Gasteiger partial charge >= 0.3 is 0 Å². The van der Waals surface area contributed by atoms with E-state index in [-0.39, 0.29) is 0 Å². The predicted octanol–water partition coefficient (Wildman–Crippen LogP) is 4.39. The van der Waals surface area contributed by atoms with Gasteiger partial charge in [0.1, 0.15) is 0 Å². The van der Waals surface area contributed by atoms with E-state index < -0.39 is 0 Å². The highest BCUT2D eigenvalue weighted by atomic mass is 35.5. The Hall–Kier alpha value is -0.960. The summed E-state index contributed by atoms with van der Waals surface area (Å²) in [6.07, 6.45) is 0. The summed E-state index contributed by atoms with van der Waals surface area (Å²) >= 11 is 8.01. The molecule has 0 bridgehead atoms. The van der Waals surface area contributed by atoms with Crippen LogP contribution in [0, 0.1) is 0 Å². The minimum atomic E-state index is 0.371. The molecule has 1 nitrogen and oxygen atoms in total. The van der Waals surface area contributed by atoms with Crippen LogP contribution in [-0.2, 0) is 0 Å². The van der Waals surface area contributed by atoms with Crippen molar-refractivity contribution in [2.75, 3.05) is 13.6 Å². The van der Waals surface area contributed by atoms with E-state index in [0.717, 1.165) is 16.5 Å². The molecule has 0 saturated heterocycles. The van der Waals surface area contributed by atoms with Crippen molar-refractivity contribution in [1.82, 2.24) is 5.32 Å². The van der Waals surface area contributed by atoms with Crippen LogP contribution >= 0.6 is 23.4 Å². The third kappa shape index (κ3) is 3.52. The highest BCUT2D eigenvalue weighted by Gasteiger charge is 2.13. The summed E-state index contributed by atoms with van der Waals surface area (Å²) in [4.78, 5) is 1.13. The minimum absolute atomic E-state index is 0.371. The monoisotopic (exact) mass is 277 g/mol. The summed E-state index contributed by atoms with van der Waals surface area (Å²) in [5.41, 5.74) is 1.32. The Bertz CT molecular complexity index is 487. The molecule has 18 heavy (non-hydrogen) atoms. The van der Waals surface area contributed by atoms with Crippen LogP contribution in [-0.4, -0.2) is 13.6 Å². The zero-order valence-corrected chi connectivity index (χ0v) is 11.8. The third-order valence-electron chi connectivity index (χ3n) is 2.67. The van der Waals surface area contributed by atoms with Crippen LogP contribution < -0.4 is 5.32 Å². The molecule has 1 N–H and O–H groups in total. The molecule has 0 spiro atoms. The highest BCUT2D eigenvalue weighted by molar-refractivity contribution is 7.99. The maximum absolute atomic E-state index is 6.21. The second kappa shape index (κ2) is 6.83. The van der Waals surface area contributed by atoms with Gasteiger partial charge < -0.3 is 5.32 Å². The summed E-state index contributed by atoms with van der Waals surface area (Å²) < 4.78 is 0. The Morgan fingerprint density at radius 1 is 1.06 bits per heavy atom. The molecule has 0 aromatic heterocycles. The number of likely N-dealkylation sites (N-methyl/N-ethyl adjacent to an activating group) is 1. The standard InChI is InChI=1S/C15H16ClNS/c1-17-11-15(12-7-3-2-4-8-12)18-14-10-6-5-9-13(14)16/h2-10,15,17H,11H2,1H3. The van der Waals surface area contributed by atoms with Crippen molar-refractivity contribution >= 4 is 23.4 Å². The Kier molecular flexibility index (Phi) is 5.12. The van der Waals surface area contributed by atoms with Crippen molar-refractivity contribution in [2.45, 2.75) is 10.1 Å². The zero-order valence-electron chi connectivity index (χ0n) is 10.3. The summed E-state index contributed by atoms with van der Waals surface area (Å²) in [6, 6.07) is 18.5. The van der Waals surface area contributed by atoms with E-state index in [1.807, 2.05) is 31.3 Å². The molecular weight excluding hydrogens is 262 g/mol. The number of nitrogens with one attached hydrogen (secondary N) is 1. The number of hydrogen-bond donors (Lipinski definition) is 1. The zero-order chi connectivity index (χ0) is 12.8. The number of thioether (sulfide) groups is 1. The van der Waals surface area contributed by atoms with E-state index in [1.165, 1.54) is 5.56 Å². The first kappa shape index (κ1) is 13.5. The van der Waals surface area contributed by atoms with Crippen LogP contribution in [0.5, 0.6) is 0 Å². The molecule has 3 heteroatoms. The second-order valence-corrected chi connectivity index (χ2v) is 5.66. The second-order valence-electron chi connectivity index (χ2n) is 4.01. The number of benzene rings is 2. The van der Waals surface area contributed by atoms with Gasteiger partial charge in [-0.25, -0.2) is 0 Å². The molecule has 2 rings (SSSR count). The Labute approximate surface area is 118 Å². The Morgan fingerprint density at radius 2 is 1.72 bits per heavy atom. The van der Waals surface area contributed by atoms with Gasteiger partial charge in [0.2, 0.25) is 0 Å². The molecule has 0 fully saturated rings. The van der Waals surface area contributed by atoms with Gasteiger partial charge in [0.25, 0.3) is 0 Å². The molecule has 1 unspecified atom stereocenters. The molecule has 1 atom stereocenters. The van der Waals surface area contributed by atoms with Gasteiger partial charge in [0.15, 0.2) is 0 Å². The fraction of sp³-hybridized carbons (Fsp3) is 0.200. The van der Waals surface area contributed by atoms with Gasteiger partial charge in [-0.05, 0) is 24.7 Å². The maximum atomic E-state index is 6.21. The Balaban J connectivity index is 2.19. The third-order valence-corrected chi connectivity index (χ3v) is 4.44. The van der Waals surface area contributed by atoms with Crippen molar-refractivity contribution in [2.24, 2.45) is 0 Å². The lowest BCUT2D eigenvalue weighted by Gasteiger charge is -2.17. The van der Waals surface area contributed by atoms with Crippen molar-refractivity contribution in [3.8, 4) is 0 Å². The lowest BCUT2D eigenvalue weighted by molar-refractivity contribution is 0.778. The van der Waals surface area contributed by atoms with Gasteiger partial charge in [-0.2, -0.15) is 0 Å². The topological polar surface area (TPSA) is 12.0 Å². The first-order valence-electron chi connectivity index (χ1n) is 5.92. The molecule has 0 saturated carbocycles. The molecule has 94 valence electrons. The van der Waals surface area contributed by atoms with E-state index in [9.17, 15) is 0 Å². The predicted molar refractivity (Wildman–Crippen MR) is 80.4 cm³/mol. The van der Waals surface area contributed by atoms with Gasteiger partial charge in [-0.15, -0.1) is 11.8 Å². The lowest BCUT2D eigenvalue weighted by atomic mass is 10.1. The normalized spacial score (nSPS) is 12.3. The van der Waals surface area contributed by atoms with Crippen molar-refractivity contribution in [3.05, 3.63) is 65.2 Å². The molecule has 2 aromatic rings. The van der Waals surface area contributed by atoms with Gasteiger partial charge in [0, 0.05) is 16.7 Å². The summed E-state index contributed by atoms with van der Waals surface area (Å²) in [5.74, 6) is 0. The molecule has 0 aliphatic heterocycles. The van der Waals surface area contributed by atoms with Gasteiger partial charge in [0.05, 0.1) is 5.02 Å². The molecule has 0 heterocycles. The van der Waals surface area contributed by atoms with Crippen LogP contribution in [0.15, 0.2) is 59.5 Å². The van der Waals surface area contributed by atoms with Crippen LogP contribution in [0.25, 0.3) is 0 Å². The van der Waals surface area contributed by atoms with Crippen LogP contribution in [0.4, 0.5) is 0 Å². The smallest absolute Gasteiger partial charge is 0.0542 e. The SMILES string of the molecule is CNCC(Sc1ccccc1Cl)c1ccccc1. The van der Waals surface area contributed by atoms with Crippen molar-refractivity contribution in [1.29, 1.82) is 0 Å². The maximum Gasteiger partial charge on any atom is 0.0542 e. The van der Waals surface area contributed by atoms with Crippen LogP contribution in [0.2, 0.25) is 5.02 Å².